The van der Waals surface area contributed by atoms with Gasteiger partial charge in [-0.25, -0.2) is 9.67 Å². The molecule has 1 unspecified atom stereocenters. The molecule has 0 saturated carbocycles. The Balaban J connectivity index is 1.61. The molecule has 0 radical (unpaired) electrons. The number of amides is 1. The van der Waals surface area contributed by atoms with Crippen molar-refractivity contribution in [2.45, 2.75) is 32.4 Å². The zero-order valence-electron chi connectivity index (χ0n) is 17.2. The Hall–Kier alpha value is -3.47. The van der Waals surface area contributed by atoms with E-state index in [1.165, 1.54) is 11.1 Å². The second kappa shape index (κ2) is 7.41. The standard InChI is InChI=1S/C25H24N4O/c1-3-29-24-21(16-26-29)20(15-22(27-24)18-10-5-4-6-11-18)25(30)28(2)23-14-13-17-9-7-8-12-19(17)23/h4-12,15-16,23H,3,13-14H2,1-2H3. The minimum absolute atomic E-state index is 0.0111. The lowest BCUT2D eigenvalue weighted by atomic mass is 10.0. The van der Waals surface area contributed by atoms with Crippen LogP contribution in [0.5, 0.6) is 0 Å². The van der Waals surface area contributed by atoms with Crippen LogP contribution in [0.3, 0.4) is 0 Å². The third-order valence-electron chi connectivity index (χ3n) is 6.10. The molecule has 1 atom stereocenters. The molecule has 1 amide bonds. The normalized spacial score (nSPS) is 15.3. The van der Waals surface area contributed by atoms with E-state index in [2.05, 4.69) is 29.4 Å². The van der Waals surface area contributed by atoms with Crippen LogP contribution in [0.2, 0.25) is 0 Å². The van der Waals surface area contributed by atoms with Crippen molar-refractivity contribution in [3.05, 3.63) is 83.6 Å². The number of aromatic nitrogens is 3. The van der Waals surface area contributed by atoms with Crippen LogP contribution in [-0.2, 0) is 13.0 Å². The molecule has 0 fully saturated rings. The fourth-order valence-electron chi connectivity index (χ4n) is 4.48. The molecule has 0 aliphatic heterocycles. The summed E-state index contributed by atoms with van der Waals surface area (Å²) >= 11 is 0. The van der Waals surface area contributed by atoms with Gasteiger partial charge in [0.05, 0.1) is 28.9 Å². The monoisotopic (exact) mass is 396 g/mol. The van der Waals surface area contributed by atoms with E-state index in [0.717, 1.165) is 35.1 Å². The van der Waals surface area contributed by atoms with Gasteiger partial charge in [0, 0.05) is 19.2 Å². The molecular formula is C25H24N4O. The largest absolute Gasteiger partial charge is 0.335 e. The number of carbonyl (C=O) groups is 1. The van der Waals surface area contributed by atoms with Crippen LogP contribution in [-0.4, -0.2) is 32.6 Å². The van der Waals surface area contributed by atoms with Crippen LogP contribution < -0.4 is 0 Å². The van der Waals surface area contributed by atoms with Gasteiger partial charge in [-0.1, -0.05) is 54.6 Å². The number of carbonyl (C=O) groups excluding carboxylic acids is 1. The van der Waals surface area contributed by atoms with E-state index in [1.807, 2.05) is 60.0 Å². The Morgan fingerprint density at radius 2 is 1.90 bits per heavy atom. The van der Waals surface area contributed by atoms with Gasteiger partial charge >= 0.3 is 0 Å². The molecule has 30 heavy (non-hydrogen) atoms. The topological polar surface area (TPSA) is 51.0 Å². The molecule has 2 heterocycles. The molecule has 0 bridgehead atoms. The Morgan fingerprint density at radius 1 is 1.13 bits per heavy atom. The summed E-state index contributed by atoms with van der Waals surface area (Å²) in [6, 6.07) is 20.4. The van der Waals surface area contributed by atoms with Crippen LogP contribution in [0.25, 0.3) is 22.3 Å². The molecule has 1 aliphatic rings. The lowest BCUT2D eigenvalue weighted by molar-refractivity contribution is 0.0732. The van der Waals surface area contributed by atoms with Gasteiger partial charge in [0.15, 0.2) is 5.65 Å². The van der Waals surface area contributed by atoms with Crippen LogP contribution in [0.1, 0.15) is 40.9 Å². The minimum Gasteiger partial charge on any atom is -0.335 e. The molecule has 0 N–H and O–H groups in total. The number of pyridine rings is 1. The highest BCUT2D eigenvalue weighted by molar-refractivity contribution is 6.06. The van der Waals surface area contributed by atoms with Crippen LogP contribution in [0.15, 0.2) is 66.9 Å². The Morgan fingerprint density at radius 3 is 2.70 bits per heavy atom. The summed E-state index contributed by atoms with van der Waals surface area (Å²) in [4.78, 5) is 20.4. The molecule has 5 nitrogen and oxygen atoms in total. The zero-order chi connectivity index (χ0) is 20.7. The number of rotatable bonds is 4. The van der Waals surface area contributed by atoms with E-state index < -0.39 is 0 Å². The lowest BCUT2D eigenvalue weighted by Crippen LogP contribution is -2.30. The van der Waals surface area contributed by atoms with Crippen molar-refractivity contribution in [3.8, 4) is 11.3 Å². The highest BCUT2D eigenvalue weighted by Gasteiger charge is 2.30. The van der Waals surface area contributed by atoms with E-state index in [1.54, 1.807) is 6.20 Å². The summed E-state index contributed by atoms with van der Waals surface area (Å²) in [5.41, 5.74) is 5.79. The van der Waals surface area contributed by atoms with E-state index in [0.29, 0.717) is 12.1 Å². The molecule has 2 aromatic carbocycles. The fourth-order valence-corrected chi connectivity index (χ4v) is 4.48. The van der Waals surface area contributed by atoms with Crippen molar-refractivity contribution in [2.24, 2.45) is 0 Å². The van der Waals surface area contributed by atoms with E-state index in [9.17, 15) is 4.79 Å². The van der Waals surface area contributed by atoms with Crippen LogP contribution in [0.4, 0.5) is 0 Å². The number of benzene rings is 2. The summed E-state index contributed by atoms with van der Waals surface area (Å²) < 4.78 is 1.85. The maximum absolute atomic E-state index is 13.7. The molecule has 0 saturated heterocycles. The highest BCUT2D eigenvalue weighted by Crippen LogP contribution is 2.36. The fraction of sp³-hybridized carbons (Fsp3) is 0.240. The van der Waals surface area contributed by atoms with Gasteiger partial charge in [0.1, 0.15) is 0 Å². The summed E-state index contributed by atoms with van der Waals surface area (Å²) in [7, 11) is 1.91. The first kappa shape index (κ1) is 18.6. The molecule has 5 rings (SSSR count). The van der Waals surface area contributed by atoms with Crippen molar-refractivity contribution in [1.29, 1.82) is 0 Å². The Kier molecular flexibility index (Phi) is 4.58. The van der Waals surface area contributed by atoms with Crippen LogP contribution in [0, 0.1) is 0 Å². The molecule has 5 heteroatoms. The minimum atomic E-state index is 0.0111. The predicted molar refractivity (Wildman–Crippen MR) is 118 cm³/mol. The first-order valence-corrected chi connectivity index (χ1v) is 10.4. The van der Waals surface area contributed by atoms with Gasteiger partial charge in [-0.3, -0.25) is 4.79 Å². The van der Waals surface area contributed by atoms with Crippen molar-refractivity contribution in [2.75, 3.05) is 7.05 Å². The van der Waals surface area contributed by atoms with Gasteiger partial charge in [-0.2, -0.15) is 5.10 Å². The van der Waals surface area contributed by atoms with Gasteiger partial charge in [0.25, 0.3) is 5.91 Å². The average Bonchev–Trinajstić information content (AvgIpc) is 3.42. The summed E-state index contributed by atoms with van der Waals surface area (Å²) in [6.45, 7) is 2.74. The number of hydrogen-bond acceptors (Lipinski definition) is 3. The highest BCUT2D eigenvalue weighted by atomic mass is 16.2. The molecule has 150 valence electrons. The van der Waals surface area contributed by atoms with E-state index in [-0.39, 0.29) is 11.9 Å². The zero-order valence-corrected chi connectivity index (χ0v) is 17.2. The summed E-state index contributed by atoms with van der Waals surface area (Å²) in [5, 5.41) is 5.27. The number of nitrogens with zero attached hydrogens (tertiary/aromatic N) is 4. The lowest BCUT2D eigenvalue weighted by Gasteiger charge is -2.26. The number of hydrogen-bond donors (Lipinski definition) is 0. The second-order valence-corrected chi connectivity index (χ2v) is 7.79. The molecule has 2 aromatic heterocycles. The first-order chi connectivity index (χ1) is 14.7. The van der Waals surface area contributed by atoms with Gasteiger partial charge < -0.3 is 4.90 Å². The molecule has 1 aliphatic carbocycles. The number of fused-ring (bicyclic) bond motifs is 2. The number of aryl methyl sites for hydroxylation is 2. The average molecular weight is 396 g/mol. The Bertz CT molecular complexity index is 1230. The Labute approximate surface area is 176 Å². The van der Waals surface area contributed by atoms with Crippen molar-refractivity contribution in [1.82, 2.24) is 19.7 Å². The first-order valence-electron chi connectivity index (χ1n) is 10.4. The van der Waals surface area contributed by atoms with Crippen molar-refractivity contribution < 1.29 is 4.79 Å². The predicted octanol–water partition coefficient (Wildman–Crippen LogP) is 4.88. The maximum Gasteiger partial charge on any atom is 0.254 e. The maximum atomic E-state index is 13.7. The third-order valence-corrected chi connectivity index (χ3v) is 6.10. The molecular weight excluding hydrogens is 372 g/mol. The second-order valence-electron chi connectivity index (χ2n) is 7.79. The summed E-state index contributed by atoms with van der Waals surface area (Å²) in [6.07, 6.45) is 3.73. The van der Waals surface area contributed by atoms with E-state index >= 15 is 0 Å². The summed E-state index contributed by atoms with van der Waals surface area (Å²) in [5.74, 6) is 0.0111. The van der Waals surface area contributed by atoms with Gasteiger partial charge in [0.2, 0.25) is 0 Å². The van der Waals surface area contributed by atoms with E-state index in [4.69, 9.17) is 4.98 Å². The smallest absolute Gasteiger partial charge is 0.254 e. The molecule has 4 aromatic rings. The van der Waals surface area contributed by atoms with Crippen LogP contribution >= 0.6 is 0 Å². The quantitative estimate of drug-likeness (QED) is 0.494. The van der Waals surface area contributed by atoms with Gasteiger partial charge in [-0.15, -0.1) is 0 Å². The van der Waals surface area contributed by atoms with Crippen molar-refractivity contribution in [3.63, 3.8) is 0 Å². The third kappa shape index (κ3) is 2.98. The SMILES string of the molecule is CCn1ncc2c(C(=O)N(C)C3CCc4ccccc43)cc(-c3ccccc3)nc21. The van der Waals surface area contributed by atoms with Crippen molar-refractivity contribution >= 4 is 16.9 Å². The van der Waals surface area contributed by atoms with Gasteiger partial charge in [-0.05, 0) is 37.0 Å². The molecule has 0 spiro atoms.